The maximum atomic E-state index is 5.08. The zero-order chi connectivity index (χ0) is 9.52. The number of nitrogens with one attached hydrogen (secondary N) is 2. The highest BCUT2D eigenvalue weighted by molar-refractivity contribution is 8.06. The number of rotatable bonds is 3. The molecule has 1 rings (SSSR count). The molecule has 0 aromatic heterocycles. The van der Waals surface area contributed by atoms with Gasteiger partial charge in [0, 0.05) is 35.6 Å². The minimum Gasteiger partial charge on any atom is -0.363 e. The van der Waals surface area contributed by atoms with Crippen LogP contribution in [0.4, 0.5) is 0 Å². The molecule has 0 aromatic carbocycles. The van der Waals surface area contributed by atoms with Gasteiger partial charge in [0.15, 0.2) is 5.11 Å². The monoisotopic (exact) mass is 236 g/mol. The molecule has 0 aliphatic carbocycles. The lowest BCUT2D eigenvalue weighted by molar-refractivity contribution is 0.826. The molecule has 0 aromatic rings. The van der Waals surface area contributed by atoms with Crippen molar-refractivity contribution in [3.8, 4) is 0 Å². The SMILES string of the molecule is CCNC(=S)NCC1CSCCS1. The molecule has 1 aliphatic heterocycles. The average molecular weight is 236 g/mol. The molecule has 1 aliphatic rings. The van der Waals surface area contributed by atoms with Crippen molar-refractivity contribution < 1.29 is 0 Å². The average Bonchev–Trinajstić information content (AvgIpc) is 2.17. The smallest absolute Gasteiger partial charge is 0.166 e. The molecule has 1 saturated heterocycles. The zero-order valence-electron chi connectivity index (χ0n) is 7.84. The summed E-state index contributed by atoms with van der Waals surface area (Å²) in [5.74, 6) is 3.84. The van der Waals surface area contributed by atoms with E-state index in [1.54, 1.807) is 0 Å². The van der Waals surface area contributed by atoms with Gasteiger partial charge in [0.2, 0.25) is 0 Å². The Hall–Kier alpha value is 0.390. The van der Waals surface area contributed by atoms with Gasteiger partial charge in [-0.25, -0.2) is 0 Å². The van der Waals surface area contributed by atoms with Crippen LogP contribution < -0.4 is 10.6 Å². The molecule has 0 bridgehead atoms. The van der Waals surface area contributed by atoms with Crippen molar-refractivity contribution in [1.82, 2.24) is 10.6 Å². The van der Waals surface area contributed by atoms with Crippen molar-refractivity contribution in [2.75, 3.05) is 30.3 Å². The zero-order valence-corrected chi connectivity index (χ0v) is 10.3. The highest BCUT2D eigenvalue weighted by Gasteiger charge is 2.13. The van der Waals surface area contributed by atoms with Crippen LogP contribution >= 0.6 is 35.7 Å². The van der Waals surface area contributed by atoms with Crippen LogP contribution in [0.2, 0.25) is 0 Å². The largest absolute Gasteiger partial charge is 0.363 e. The van der Waals surface area contributed by atoms with E-state index in [1.807, 2.05) is 11.8 Å². The van der Waals surface area contributed by atoms with Crippen molar-refractivity contribution in [2.24, 2.45) is 0 Å². The molecule has 0 spiro atoms. The highest BCUT2D eigenvalue weighted by Crippen LogP contribution is 2.23. The maximum absolute atomic E-state index is 5.08. The third-order valence-electron chi connectivity index (χ3n) is 1.71. The van der Waals surface area contributed by atoms with Crippen LogP contribution in [-0.4, -0.2) is 40.7 Å². The van der Waals surface area contributed by atoms with Crippen LogP contribution in [0.5, 0.6) is 0 Å². The molecular weight excluding hydrogens is 220 g/mol. The summed E-state index contributed by atoms with van der Waals surface area (Å²) >= 11 is 9.18. The van der Waals surface area contributed by atoms with E-state index in [4.69, 9.17) is 12.2 Å². The molecule has 2 N–H and O–H groups in total. The molecule has 5 heteroatoms. The molecule has 0 saturated carbocycles. The van der Waals surface area contributed by atoms with E-state index < -0.39 is 0 Å². The van der Waals surface area contributed by atoms with Gasteiger partial charge >= 0.3 is 0 Å². The first kappa shape index (κ1) is 11.5. The third kappa shape index (κ3) is 4.98. The van der Waals surface area contributed by atoms with Gasteiger partial charge in [0.25, 0.3) is 0 Å². The van der Waals surface area contributed by atoms with E-state index in [0.29, 0.717) is 0 Å². The number of thiocarbonyl (C=S) groups is 1. The van der Waals surface area contributed by atoms with E-state index >= 15 is 0 Å². The van der Waals surface area contributed by atoms with Crippen LogP contribution in [0.15, 0.2) is 0 Å². The van der Waals surface area contributed by atoms with Crippen molar-refractivity contribution in [1.29, 1.82) is 0 Å². The molecule has 2 nitrogen and oxygen atoms in total. The van der Waals surface area contributed by atoms with Gasteiger partial charge in [-0.15, -0.1) is 0 Å². The van der Waals surface area contributed by atoms with E-state index in [9.17, 15) is 0 Å². The van der Waals surface area contributed by atoms with E-state index in [1.165, 1.54) is 17.3 Å². The Bertz CT molecular complexity index is 157. The van der Waals surface area contributed by atoms with Gasteiger partial charge in [0.05, 0.1) is 0 Å². The predicted molar refractivity (Wildman–Crippen MR) is 67.8 cm³/mol. The maximum Gasteiger partial charge on any atom is 0.166 e. The van der Waals surface area contributed by atoms with Crippen LogP contribution in [0.3, 0.4) is 0 Å². The third-order valence-corrected chi connectivity index (χ3v) is 4.85. The fourth-order valence-electron chi connectivity index (χ4n) is 1.08. The van der Waals surface area contributed by atoms with Crippen molar-refractivity contribution in [2.45, 2.75) is 12.2 Å². The van der Waals surface area contributed by atoms with Crippen LogP contribution in [0.1, 0.15) is 6.92 Å². The quantitative estimate of drug-likeness (QED) is 0.720. The predicted octanol–water partition coefficient (Wildman–Crippen LogP) is 1.32. The normalized spacial score (nSPS) is 22.4. The summed E-state index contributed by atoms with van der Waals surface area (Å²) in [5.41, 5.74) is 0. The van der Waals surface area contributed by atoms with Crippen molar-refractivity contribution in [3.05, 3.63) is 0 Å². The summed E-state index contributed by atoms with van der Waals surface area (Å²) in [7, 11) is 0. The molecule has 1 unspecified atom stereocenters. The van der Waals surface area contributed by atoms with E-state index in [2.05, 4.69) is 29.3 Å². The van der Waals surface area contributed by atoms with Crippen LogP contribution in [0, 0.1) is 0 Å². The minimum atomic E-state index is 0.732. The summed E-state index contributed by atoms with van der Waals surface area (Å²) in [6.07, 6.45) is 0. The Morgan fingerprint density at radius 3 is 2.92 bits per heavy atom. The van der Waals surface area contributed by atoms with Crippen molar-refractivity contribution in [3.63, 3.8) is 0 Å². The molecular formula is C8H16N2S3. The number of hydrogen-bond acceptors (Lipinski definition) is 3. The first-order valence-electron chi connectivity index (χ1n) is 4.54. The summed E-state index contributed by atoms with van der Waals surface area (Å²) in [5, 5.41) is 7.85. The molecule has 1 fully saturated rings. The van der Waals surface area contributed by atoms with Crippen LogP contribution in [0.25, 0.3) is 0 Å². The Morgan fingerprint density at radius 2 is 2.31 bits per heavy atom. The van der Waals surface area contributed by atoms with Gasteiger partial charge in [0.1, 0.15) is 0 Å². The first-order chi connectivity index (χ1) is 6.33. The molecule has 76 valence electrons. The Morgan fingerprint density at radius 1 is 1.46 bits per heavy atom. The van der Waals surface area contributed by atoms with Crippen molar-refractivity contribution >= 4 is 40.9 Å². The van der Waals surface area contributed by atoms with Gasteiger partial charge in [-0.1, -0.05) is 0 Å². The van der Waals surface area contributed by atoms with E-state index in [-0.39, 0.29) is 0 Å². The Kier molecular flexibility index (Phi) is 5.98. The van der Waals surface area contributed by atoms with E-state index in [0.717, 1.165) is 23.5 Å². The summed E-state index contributed by atoms with van der Waals surface area (Å²) in [6, 6.07) is 0. The van der Waals surface area contributed by atoms with Gasteiger partial charge in [-0.3, -0.25) is 0 Å². The molecule has 13 heavy (non-hydrogen) atoms. The lowest BCUT2D eigenvalue weighted by atomic mass is 10.5. The Labute approximate surface area is 94.0 Å². The summed E-state index contributed by atoms with van der Waals surface area (Å²) < 4.78 is 0. The van der Waals surface area contributed by atoms with Crippen LogP contribution in [-0.2, 0) is 0 Å². The highest BCUT2D eigenvalue weighted by atomic mass is 32.2. The second-order valence-corrected chi connectivity index (χ2v) is 5.77. The topological polar surface area (TPSA) is 24.1 Å². The fraction of sp³-hybridized carbons (Fsp3) is 0.875. The minimum absolute atomic E-state index is 0.732. The van der Waals surface area contributed by atoms with Gasteiger partial charge in [-0.05, 0) is 19.1 Å². The van der Waals surface area contributed by atoms with Gasteiger partial charge in [-0.2, -0.15) is 23.5 Å². The number of thioether (sulfide) groups is 2. The van der Waals surface area contributed by atoms with Gasteiger partial charge < -0.3 is 10.6 Å². The molecule has 1 heterocycles. The molecule has 0 radical (unpaired) electrons. The second kappa shape index (κ2) is 6.79. The second-order valence-electron chi connectivity index (χ2n) is 2.81. The summed E-state index contributed by atoms with van der Waals surface area (Å²) in [4.78, 5) is 0. The fourth-order valence-corrected chi connectivity index (χ4v) is 3.92. The first-order valence-corrected chi connectivity index (χ1v) is 7.15. The Balaban J connectivity index is 2.06. The number of hydrogen-bond donors (Lipinski definition) is 2. The molecule has 0 amide bonds. The molecule has 1 atom stereocenters. The lowest BCUT2D eigenvalue weighted by Crippen LogP contribution is -2.39. The standard InChI is InChI=1S/C8H16N2S3/c1-2-9-8(11)10-5-7-6-12-3-4-13-7/h7H,2-6H2,1H3,(H2,9,10,11). The lowest BCUT2D eigenvalue weighted by Gasteiger charge is -2.21. The summed E-state index contributed by atoms with van der Waals surface area (Å²) in [6.45, 7) is 3.96.